The SMILES string of the molecule is c1ccc(COc2ccc3oc(SCc4ccccc4)cc3c2)cc1. The molecule has 3 aromatic carbocycles. The molecule has 0 bridgehead atoms. The van der Waals surface area contributed by atoms with Gasteiger partial charge in [0.05, 0.1) is 0 Å². The van der Waals surface area contributed by atoms with E-state index in [2.05, 4.69) is 42.5 Å². The van der Waals surface area contributed by atoms with Crippen LogP contribution < -0.4 is 4.74 Å². The minimum atomic E-state index is 0.569. The standard InChI is InChI=1S/C22H18O2S/c1-3-7-17(8-4-1)15-23-20-11-12-21-19(13-20)14-22(24-21)25-16-18-9-5-2-6-10-18/h1-14H,15-16H2. The first-order valence-electron chi connectivity index (χ1n) is 8.24. The van der Waals surface area contributed by atoms with E-state index in [9.17, 15) is 0 Å². The number of ether oxygens (including phenoxy) is 1. The fraction of sp³-hybridized carbons (Fsp3) is 0.0909. The minimum Gasteiger partial charge on any atom is -0.489 e. The Labute approximate surface area is 151 Å². The maximum Gasteiger partial charge on any atom is 0.161 e. The molecule has 0 spiro atoms. The van der Waals surface area contributed by atoms with E-state index in [1.807, 2.05) is 42.5 Å². The number of benzene rings is 3. The fourth-order valence-corrected chi connectivity index (χ4v) is 3.49. The maximum absolute atomic E-state index is 5.91. The molecular formula is C22H18O2S. The molecule has 2 nitrogen and oxygen atoms in total. The number of hydrogen-bond acceptors (Lipinski definition) is 3. The van der Waals surface area contributed by atoms with Crippen LogP contribution in [-0.4, -0.2) is 0 Å². The summed E-state index contributed by atoms with van der Waals surface area (Å²) in [7, 11) is 0. The smallest absolute Gasteiger partial charge is 0.161 e. The van der Waals surface area contributed by atoms with Crippen LogP contribution in [0.2, 0.25) is 0 Å². The lowest BCUT2D eigenvalue weighted by Crippen LogP contribution is -1.94. The third-order valence-corrected chi connectivity index (χ3v) is 4.90. The Balaban J connectivity index is 1.44. The van der Waals surface area contributed by atoms with Crippen molar-refractivity contribution in [1.82, 2.24) is 0 Å². The topological polar surface area (TPSA) is 22.4 Å². The molecule has 0 radical (unpaired) electrons. The van der Waals surface area contributed by atoms with Crippen molar-refractivity contribution in [3.05, 3.63) is 96.1 Å². The van der Waals surface area contributed by atoms with Gasteiger partial charge in [0.1, 0.15) is 17.9 Å². The quantitative estimate of drug-likeness (QED) is 0.382. The van der Waals surface area contributed by atoms with Crippen molar-refractivity contribution in [2.75, 3.05) is 0 Å². The lowest BCUT2D eigenvalue weighted by Gasteiger charge is -2.05. The van der Waals surface area contributed by atoms with Crippen LogP contribution in [0.25, 0.3) is 11.0 Å². The highest BCUT2D eigenvalue weighted by molar-refractivity contribution is 7.98. The van der Waals surface area contributed by atoms with E-state index >= 15 is 0 Å². The predicted molar refractivity (Wildman–Crippen MR) is 103 cm³/mol. The van der Waals surface area contributed by atoms with E-state index in [1.165, 1.54) is 5.56 Å². The van der Waals surface area contributed by atoms with Gasteiger partial charge >= 0.3 is 0 Å². The molecule has 3 heteroatoms. The average molecular weight is 346 g/mol. The van der Waals surface area contributed by atoms with E-state index in [1.54, 1.807) is 11.8 Å². The van der Waals surface area contributed by atoms with Crippen molar-refractivity contribution in [3.8, 4) is 5.75 Å². The van der Waals surface area contributed by atoms with Crippen LogP contribution in [0.15, 0.2) is 94.4 Å². The molecule has 1 aromatic heterocycles. The third-order valence-electron chi connectivity index (χ3n) is 3.94. The molecule has 0 unspecified atom stereocenters. The summed E-state index contributed by atoms with van der Waals surface area (Å²) in [6.07, 6.45) is 0. The normalized spacial score (nSPS) is 10.9. The monoisotopic (exact) mass is 346 g/mol. The summed E-state index contributed by atoms with van der Waals surface area (Å²) < 4.78 is 11.8. The molecule has 124 valence electrons. The summed E-state index contributed by atoms with van der Waals surface area (Å²) in [5.41, 5.74) is 3.34. The van der Waals surface area contributed by atoms with Gasteiger partial charge in [-0.2, -0.15) is 0 Å². The molecule has 4 rings (SSSR count). The first-order valence-corrected chi connectivity index (χ1v) is 9.22. The van der Waals surface area contributed by atoms with Gasteiger partial charge in [0.15, 0.2) is 5.09 Å². The summed E-state index contributed by atoms with van der Waals surface area (Å²) in [6.45, 7) is 0.569. The summed E-state index contributed by atoms with van der Waals surface area (Å²) in [5.74, 6) is 1.76. The van der Waals surface area contributed by atoms with Gasteiger partial charge in [-0.3, -0.25) is 0 Å². The number of furan rings is 1. The van der Waals surface area contributed by atoms with Gasteiger partial charge in [-0.05, 0) is 35.4 Å². The molecule has 0 aliphatic heterocycles. The molecule has 0 fully saturated rings. The number of hydrogen-bond donors (Lipinski definition) is 0. The van der Waals surface area contributed by atoms with Crippen LogP contribution >= 0.6 is 11.8 Å². The van der Waals surface area contributed by atoms with Gasteiger partial charge in [0, 0.05) is 11.1 Å². The van der Waals surface area contributed by atoms with Crippen LogP contribution in [0, 0.1) is 0 Å². The highest BCUT2D eigenvalue weighted by Crippen LogP contribution is 2.31. The van der Waals surface area contributed by atoms with Crippen molar-refractivity contribution in [2.24, 2.45) is 0 Å². The Morgan fingerprint density at radius 1 is 0.760 bits per heavy atom. The molecule has 4 aromatic rings. The van der Waals surface area contributed by atoms with Gasteiger partial charge in [0.2, 0.25) is 0 Å². The van der Waals surface area contributed by atoms with Crippen molar-refractivity contribution >= 4 is 22.7 Å². The molecular weight excluding hydrogens is 328 g/mol. The highest BCUT2D eigenvalue weighted by Gasteiger charge is 2.06. The van der Waals surface area contributed by atoms with Crippen LogP contribution in [0.3, 0.4) is 0 Å². The van der Waals surface area contributed by atoms with Crippen LogP contribution in [0.4, 0.5) is 0 Å². The van der Waals surface area contributed by atoms with Crippen molar-refractivity contribution in [2.45, 2.75) is 17.5 Å². The lowest BCUT2D eigenvalue weighted by molar-refractivity contribution is 0.306. The summed E-state index contributed by atoms with van der Waals surface area (Å²) in [5, 5.41) is 2.00. The molecule has 0 amide bonds. The second-order valence-electron chi connectivity index (χ2n) is 5.81. The second-order valence-corrected chi connectivity index (χ2v) is 6.79. The van der Waals surface area contributed by atoms with Gasteiger partial charge in [-0.15, -0.1) is 0 Å². The Hall–Kier alpha value is -2.65. The van der Waals surface area contributed by atoms with Gasteiger partial charge in [0.25, 0.3) is 0 Å². The second kappa shape index (κ2) is 7.49. The van der Waals surface area contributed by atoms with E-state index < -0.39 is 0 Å². The Kier molecular flexibility index (Phi) is 4.75. The first-order chi connectivity index (χ1) is 12.4. The fourth-order valence-electron chi connectivity index (χ4n) is 2.63. The molecule has 0 saturated carbocycles. The largest absolute Gasteiger partial charge is 0.489 e. The zero-order valence-electron chi connectivity index (χ0n) is 13.7. The zero-order chi connectivity index (χ0) is 16.9. The van der Waals surface area contributed by atoms with E-state index in [0.717, 1.165) is 33.1 Å². The summed E-state index contributed by atoms with van der Waals surface area (Å²) in [4.78, 5) is 0. The average Bonchev–Trinajstić information content (AvgIpc) is 3.08. The molecule has 0 N–H and O–H groups in total. The summed E-state index contributed by atoms with van der Waals surface area (Å²) >= 11 is 1.71. The van der Waals surface area contributed by atoms with Gasteiger partial charge in [-0.25, -0.2) is 0 Å². The van der Waals surface area contributed by atoms with Crippen molar-refractivity contribution in [1.29, 1.82) is 0 Å². The Morgan fingerprint density at radius 2 is 1.48 bits per heavy atom. The molecule has 1 heterocycles. The predicted octanol–water partition coefficient (Wildman–Crippen LogP) is 6.30. The summed E-state index contributed by atoms with van der Waals surface area (Å²) in [6, 6.07) is 28.6. The maximum atomic E-state index is 5.91. The first kappa shape index (κ1) is 15.9. The zero-order valence-corrected chi connectivity index (χ0v) is 14.5. The minimum absolute atomic E-state index is 0.569. The van der Waals surface area contributed by atoms with Crippen molar-refractivity contribution < 1.29 is 9.15 Å². The number of rotatable bonds is 6. The molecule has 25 heavy (non-hydrogen) atoms. The van der Waals surface area contributed by atoms with E-state index in [0.29, 0.717) is 6.61 Å². The van der Waals surface area contributed by atoms with Crippen LogP contribution in [0.5, 0.6) is 5.75 Å². The van der Waals surface area contributed by atoms with Crippen molar-refractivity contribution in [3.63, 3.8) is 0 Å². The number of thioether (sulfide) groups is 1. The Morgan fingerprint density at radius 3 is 2.24 bits per heavy atom. The van der Waals surface area contributed by atoms with Gasteiger partial charge < -0.3 is 9.15 Å². The molecule has 0 aliphatic rings. The van der Waals surface area contributed by atoms with E-state index in [4.69, 9.17) is 9.15 Å². The third kappa shape index (κ3) is 4.06. The van der Waals surface area contributed by atoms with Crippen LogP contribution in [-0.2, 0) is 12.4 Å². The van der Waals surface area contributed by atoms with Gasteiger partial charge in [-0.1, -0.05) is 72.4 Å². The van der Waals surface area contributed by atoms with Crippen LogP contribution in [0.1, 0.15) is 11.1 Å². The molecule has 0 saturated heterocycles. The highest BCUT2D eigenvalue weighted by atomic mass is 32.2. The molecule has 0 aliphatic carbocycles. The number of fused-ring (bicyclic) bond motifs is 1. The Bertz CT molecular complexity index is 904. The molecule has 0 atom stereocenters. The lowest BCUT2D eigenvalue weighted by atomic mass is 10.2. The van der Waals surface area contributed by atoms with E-state index in [-0.39, 0.29) is 0 Å².